The number of ether oxygens (including phenoxy) is 2. The van der Waals surface area contributed by atoms with Crippen molar-refractivity contribution in [1.29, 1.82) is 0 Å². The fraction of sp³-hybridized carbons (Fsp3) is 0.273. The standard InChI is InChI=1S/C22H22N4O4S/c1-12-18(21(28)30-5)19(14-6-8-16(29-4)9-7-14)26-20(27)17(31-22(26)24-12)10-15-11-23-25(3)13(15)2/h6-11,19H,1-5H3/b17-10+/t19-/m0/s1. The summed E-state index contributed by atoms with van der Waals surface area (Å²) < 4.78 is 14.1. The molecule has 0 aliphatic carbocycles. The molecule has 0 saturated carbocycles. The van der Waals surface area contributed by atoms with E-state index in [1.807, 2.05) is 32.2 Å². The van der Waals surface area contributed by atoms with Crippen molar-refractivity contribution >= 4 is 23.4 Å². The van der Waals surface area contributed by atoms with E-state index in [1.165, 1.54) is 18.4 Å². The van der Waals surface area contributed by atoms with Crippen LogP contribution in [0, 0.1) is 6.92 Å². The maximum atomic E-state index is 13.5. The average molecular weight is 439 g/mol. The lowest BCUT2D eigenvalue weighted by Gasteiger charge is -2.24. The van der Waals surface area contributed by atoms with Crippen molar-refractivity contribution in [3.63, 3.8) is 0 Å². The summed E-state index contributed by atoms with van der Waals surface area (Å²) in [6, 6.07) is 6.64. The third kappa shape index (κ3) is 3.50. The van der Waals surface area contributed by atoms with Gasteiger partial charge in [-0.1, -0.05) is 23.5 Å². The second-order valence-corrected chi connectivity index (χ2v) is 8.16. The van der Waals surface area contributed by atoms with Gasteiger partial charge in [-0.3, -0.25) is 14.0 Å². The van der Waals surface area contributed by atoms with Gasteiger partial charge < -0.3 is 9.47 Å². The van der Waals surface area contributed by atoms with Crippen LogP contribution in [0.2, 0.25) is 0 Å². The molecule has 3 aromatic rings. The lowest BCUT2D eigenvalue weighted by Crippen LogP contribution is -2.39. The molecule has 9 heteroatoms. The van der Waals surface area contributed by atoms with E-state index in [-0.39, 0.29) is 5.56 Å². The number of aryl methyl sites for hydroxylation is 1. The van der Waals surface area contributed by atoms with Crippen LogP contribution < -0.4 is 19.6 Å². The van der Waals surface area contributed by atoms with Crippen molar-refractivity contribution in [3.8, 4) is 5.75 Å². The molecule has 2 aromatic heterocycles. The van der Waals surface area contributed by atoms with Crippen LogP contribution >= 0.6 is 11.3 Å². The second-order valence-electron chi connectivity index (χ2n) is 7.16. The summed E-state index contributed by atoms with van der Waals surface area (Å²) in [7, 11) is 4.76. The van der Waals surface area contributed by atoms with E-state index in [0.717, 1.165) is 16.8 Å². The molecule has 3 heterocycles. The van der Waals surface area contributed by atoms with E-state index in [1.54, 1.807) is 41.6 Å². The highest BCUT2D eigenvalue weighted by Gasteiger charge is 2.33. The van der Waals surface area contributed by atoms with Gasteiger partial charge in [0.05, 0.1) is 42.3 Å². The third-order valence-corrected chi connectivity index (χ3v) is 6.40. The smallest absolute Gasteiger partial charge is 0.338 e. The van der Waals surface area contributed by atoms with Gasteiger partial charge in [0.2, 0.25) is 0 Å². The number of thiazole rings is 1. The number of methoxy groups -OCH3 is 2. The van der Waals surface area contributed by atoms with E-state index in [0.29, 0.717) is 26.4 Å². The van der Waals surface area contributed by atoms with Crippen molar-refractivity contribution in [2.45, 2.75) is 19.9 Å². The van der Waals surface area contributed by atoms with Gasteiger partial charge in [0, 0.05) is 18.3 Å². The summed E-state index contributed by atoms with van der Waals surface area (Å²) in [6.07, 6.45) is 3.54. The summed E-state index contributed by atoms with van der Waals surface area (Å²) in [5, 5.41) is 4.24. The summed E-state index contributed by atoms with van der Waals surface area (Å²) in [5.41, 5.74) is 3.21. The first-order valence-electron chi connectivity index (χ1n) is 9.59. The van der Waals surface area contributed by atoms with Crippen molar-refractivity contribution in [1.82, 2.24) is 14.3 Å². The molecule has 0 bridgehead atoms. The van der Waals surface area contributed by atoms with Crippen molar-refractivity contribution in [2.24, 2.45) is 12.0 Å². The first-order chi connectivity index (χ1) is 14.8. The highest BCUT2D eigenvalue weighted by molar-refractivity contribution is 7.07. The van der Waals surface area contributed by atoms with Crippen LogP contribution in [0.4, 0.5) is 0 Å². The summed E-state index contributed by atoms with van der Waals surface area (Å²) in [6.45, 7) is 3.70. The van der Waals surface area contributed by atoms with E-state index in [4.69, 9.17) is 9.47 Å². The number of benzene rings is 1. The maximum Gasteiger partial charge on any atom is 0.338 e. The molecule has 0 amide bonds. The number of esters is 1. The maximum absolute atomic E-state index is 13.5. The van der Waals surface area contributed by atoms with Gasteiger partial charge in [-0.25, -0.2) is 9.79 Å². The zero-order chi connectivity index (χ0) is 22.3. The Morgan fingerprint density at radius 1 is 1.19 bits per heavy atom. The predicted molar refractivity (Wildman–Crippen MR) is 117 cm³/mol. The molecule has 0 fully saturated rings. The van der Waals surface area contributed by atoms with Crippen molar-refractivity contribution in [3.05, 3.63) is 78.2 Å². The van der Waals surface area contributed by atoms with Gasteiger partial charge in [-0.15, -0.1) is 0 Å². The van der Waals surface area contributed by atoms with E-state index < -0.39 is 12.0 Å². The second kappa shape index (κ2) is 7.99. The predicted octanol–water partition coefficient (Wildman–Crippen LogP) is 1.46. The quantitative estimate of drug-likeness (QED) is 0.576. The number of aromatic nitrogens is 3. The first-order valence-corrected chi connectivity index (χ1v) is 10.4. The number of rotatable bonds is 4. The molecule has 1 aliphatic rings. The summed E-state index contributed by atoms with van der Waals surface area (Å²) >= 11 is 1.29. The normalized spacial score (nSPS) is 16.2. The van der Waals surface area contributed by atoms with Gasteiger partial charge in [-0.05, 0) is 37.6 Å². The minimum Gasteiger partial charge on any atom is -0.497 e. The molecule has 1 aliphatic heterocycles. The Kier molecular flexibility index (Phi) is 5.36. The lowest BCUT2D eigenvalue weighted by atomic mass is 9.96. The Labute approximate surface area is 182 Å². The average Bonchev–Trinajstić information content (AvgIpc) is 3.25. The Bertz CT molecular complexity index is 1380. The van der Waals surface area contributed by atoms with E-state index in [9.17, 15) is 9.59 Å². The molecular weight excluding hydrogens is 416 g/mol. The van der Waals surface area contributed by atoms with Crippen LogP contribution in [0.25, 0.3) is 6.08 Å². The lowest BCUT2D eigenvalue weighted by molar-refractivity contribution is -0.136. The molecule has 0 N–H and O–H groups in total. The topological polar surface area (TPSA) is 87.7 Å². The fourth-order valence-electron chi connectivity index (χ4n) is 3.59. The number of allylic oxidation sites excluding steroid dienone is 1. The number of nitrogens with zero attached hydrogens (tertiary/aromatic N) is 4. The molecule has 0 radical (unpaired) electrons. The number of carbonyl (C=O) groups excluding carboxylic acids is 1. The van der Waals surface area contributed by atoms with Crippen LogP contribution in [0.15, 0.2) is 51.5 Å². The fourth-order valence-corrected chi connectivity index (χ4v) is 4.63. The molecule has 8 nitrogen and oxygen atoms in total. The molecule has 31 heavy (non-hydrogen) atoms. The number of hydrogen-bond donors (Lipinski definition) is 0. The number of carbonyl (C=O) groups is 1. The van der Waals surface area contributed by atoms with Crippen molar-refractivity contribution in [2.75, 3.05) is 14.2 Å². The van der Waals surface area contributed by atoms with E-state index in [2.05, 4.69) is 10.1 Å². The molecule has 1 atom stereocenters. The van der Waals surface area contributed by atoms with Crippen LogP contribution in [0.3, 0.4) is 0 Å². The Morgan fingerprint density at radius 2 is 1.90 bits per heavy atom. The Balaban J connectivity index is 1.97. The molecule has 0 unspecified atom stereocenters. The number of hydrogen-bond acceptors (Lipinski definition) is 7. The van der Waals surface area contributed by atoms with Crippen LogP contribution in [0.1, 0.15) is 29.8 Å². The van der Waals surface area contributed by atoms with Gasteiger partial charge in [0.15, 0.2) is 4.80 Å². The van der Waals surface area contributed by atoms with Crippen LogP contribution in [-0.4, -0.2) is 34.5 Å². The molecular formula is C22H22N4O4S. The minimum atomic E-state index is -0.647. The van der Waals surface area contributed by atoms with Gasteiger partial charge in [0.1, 0.15) is 5.75 Å². The number of fused-ring (bicyclic) bond motifs is 1. The van der Waals surface area contributed by atoms with Gasteiger partial charge >= 0.3 is 5.97 Å². The largest absolute Gasteiger partial charge is 0.497 e. The molecule has 0 spiro atoms. The first kappa shape index (κ1) is 20.8. The highest BCUT2D eigenvalue weighted by atomic mass is 32.1. The van der Waals surface area contributed by atoms with Crippen molar-refractivity contribution < 1.29 is 14.3 Å². The van der Waals surface area contributed by atoms with E-state index >= 15 is 0 Å². The Morgan fingerprint density at radius 3 is 2.48 bits per heavy atom. The zero-order valence-electron chi connectivity index (χ0n) is 17.9. The van der Waals surface area contributed by atoms with Crippen LogP contribution in [0.5, 0.6) is 5.75 Å². The Hall–Kier alpha value is -3.46. The molecule has 4 rings (SSSR count). The molecule has 160 valence electrons. The summed E-state index contributed by atoms with van der Waals surface area (Å²) in [5.74, 6) is 0.169. The van der Waals surface area contributed by atoms with Crippen LogP contribution in [-0.2, 0) is 16.6 Å². The molecule has 1 aromatic carbocycles. The van der Waals surface area contributed by atoms with Gasteiger partial charge in [0.25, 0.3) is 5.56 Å². The summed E-state index contributed by atoms with van der Waals surface area (Å²) in [4.78, 5) is 31.2. The highest BCUT2D eigenvalue weighted by Crippen LogP contribution is 2.31. The molecule has 0 saturated heterocycles. The zero-order valence-corrected chi connectivity index (χ0v) is 18.7. The van der Waals surface area contributed by atoms with Gasteiger partial charge in [-0.2, -0.15) is 5.10 Å². The monoisotopic (exact) mass is 438 g/mol. The SMILES string of the molecule is COC(=O)C1=C(C)N=c2s/c(=C/c3cnn(C)c3C)c(=O)n2[C@H]1c1ccc(OC)cc1. The minimum absolute atomic E-state index is 0.221. The third-order valence-electron chi connectivity index (χ3n) is 5.42.